The first-order chi connectivity index (χ1) is 13.0. The average Bonchev–Trinajstić information content (AvgIpc) is 2.66. The third-order valence-corrected chi connectivity index (χ3v) is 5.30. The van der Waals surface area contributed by atoms with E-state index in [0.717, 1.165) is 68.9 Å². The lowest BCUT2D eigenvalue weighted by Gasteiger charge is -2.33. The summed E-state index contributed by atoms with van der Waals surface area (Å²) in [5, 5.41) is 9.82. The number of hydrogen-bond donors (Lipinski definition) is 0. The van der Waals surface area contributed by atoms with Gasteiger partial charge in [0.25, 0.3) is 0 Å². The van der Waals surface area contributed by atoms with Crippen molar-refractivity contribution >= 4 is 0 Å². The van der Waals surface area contributed by atoms with Gasteiger partial charge in [0.1, 0.15) is 18.2 Å². The molecule has 0 amide bonds. The highest BCUT2D eigenvalue weighted by Crippen LogP contribution is 2.35. The molecule has 27 heavy (non-hydrogen) atoms. The predicted molar refractivity (Wildman–Crippen MR) is 103 cm³/mol. The number of pyridine rings is 1. The molecular weight excluding hydrogens is 342 g/mol. The first kappa shape index (κ1) is 20.1. The van der Waals surface area contributed by atoms with E-state index in [4.69, 9.17) is 19.2 Å². The van der Waals surface area contributed by atoms with Crippen molar-refractivity contribution in [2.45, 2.75) is 58.7 Å². The summed E-state index contributed by atoms with van der Waals surface area (Å²) in [6, 6.07) is 2.36. The molecule has 0 unspecified atom stereocenters. The molecule has 1 aromatic rings. The Hall–Kier alpha value is -1.68. The van der Waals surface area contributed by atoms with E-state index >= 15 is 0 Å². The number of hydrogen-bond acceptors (Lipinski definition) is 6. The van der Waals surface area contributed by atoms with Crippen molar-refractivity contribution in [3.63, 3.8) is 0 Å². The summed E-state index contributed by atoms with van der Waals surface area (Å²) in [5.74, 6) is 0.494. The molecule has 1 saturated heterocycles. The second kappa shape index (κ2) is 9.01. The van der Waals surface area contributed by atoms with E-state index in [2.05, 4.69) is 31.7 Å². The smallest absolute Gasteiger partial charge is 0.232 e. The maximum absolute atomic E-state index is 9.82. The van der Waals surface area contributed by atoms with E-state index < -0.39 is 0 Å². The number of rotatable bonds is 7. The molecule has 0 saturated carbocycles. The molecule has 2 aliphatic rings. The quantitative estimate of drug-likeness (QED) is 0.732. The lowest BCUT2D eigenvalue weighted by Crippen LogP contribution is -2.38. The van der Waals surface area contributed by atoms with Gasteiger partial charge in [-0.25, -0.2) is 4.98 Å². The Morgan fingerprint density at radius 1 is 1.26 bits per heavy atom. The molecule has 0 radical (unpaired) electrons. The Labute approximate surface area is 162 Å². The lowest BCUT2D eigenvalue weighted by molar-refractivity contribution is -0.0408. The Kier molecular flexibility index (Phi) is 6.69. The van der Waals surface area contributed by atoms with Crippen molar-refractivity contribution in [3.05, 3.63) is 22.4 Å². The molecule has 0 bridgehead atoms. The molecule has 0 aliphatic carbocycles. The average molecular weight is 373 g/mol. The highest BCUT2D eigenvalue weighted by Gasteiger charge is 2.32. The van der Waals surface area contributed by atoms with E-state index in [9.17, 15) is 5.26 Å². The summed E-state index contributed by atoms with van der Waals surface area (Å²) in [6.07, 6.45) is 3.79. The Balaban J connectivity index is 1.82. The van der Waals surface area contributed by atoms with E-state index in [1.165, 1.54) is 0 Å². The molecule has 1 fully saturated rings. The van der Waals surface area contributed by atoms with Crippen LogP contribution in [0.25, 0.3) is 0 Å². The van der Waals surface area contributed by atoms with Gasteiger partial charge in [0, 0.05) is 31.6 Å². The van der Waals surface area contributed by atoms with Crippen LogP contribution in [0, 0.1) is 11.3 Å². The summed E-state index contributed by atoms with van der Waals surface area (Å²) >= 11 is 0. The SMILES string of the molecule is CCCCc1nc(OCCN2CCOCC2)c(C#N)c2c1COC(C)(C)C2. The maximum Gasteiger partial charge on any atom is 0.232 e. The van der Waals surface area contributed by atoms with E-state index in [1.807, 2.05) is 0 Å². The van der Waals surface area contributed by atoms with Crippen LogP contribution in [0.3, 0.4) is 0 Å². The first-order valence-corrected chi connectivity index (χ1v) is 10.1. The topological polar surface area (TPSA) is 67.6 Å². The standard InChI is InChI=1S/C21H31N3O3/c1-4-5-6-19-18-15-27-21(2,3)13-16(18)17(14-22)20(23-19)26-12-9-24-7-10-25-11-8-24/h4-13,15H2,1-3H3. The normalized spacial score (nSPS) is 19.3. The first-order valence-electron chi connectivity index (χ1n) is 10.1. The van der Waals surface area contributed by atoms with Crippen LogP contribution in [-0.2, 0) is 28.9 Å². The highest BCUT2D eigenvalue weighted by atomic mass is 16.5. The van der Waals surface area contributed by atoms with Crippen molar-refractivity contribution in [3.8, 4) is 11.9 Å². The number of aromatic nitrogens is 1. The monoisotopic (exact) mass is 373 g/mol. The third-order valence-electron chi connectivity index (χ3n) is 5.30. The van der Waals surface area contributed by atoms with Crippen LogP contribution in [-0.4, -0.2) is 54.9 Å². The Bertz CT molecular complexity index is 691. The van der Waals surface area contributed by atoms with Crippen LogP contribution in [0.2, 0.25) is 0 Å². The molecule has 0 atom stereocenters. The fraction of sp³-hybridized carbons (Fsp3) is 0.714. The fourth-order valence-electron chi connectivity index (χ4n) is 3.68. The van der Waals surface area contributed by atoms with Crippen LogP contribution in [0.1, 0.15) is 56.0 Å². The van der Waals surface area contributed by atoms with Gasteiger partial charge in [-0.1, -0.05) is 13.3 Å². The highest BCUT2D eigenvalue weighted by molar-refractivity contribution is 5.52. The van der Waals surface area contributed by atoms with Gasteiger partial charge in [-0.3, -0.25) is 4.90 Å². The van der Waals surface area contributed by atoms with Crippen molar-refractivity contribution in [1.29, 1.82) is 5.26 Å². The summed E-state index contributed by atoms with van der Waals surface area (Å²) in [4.78, 5) is 7.08. The Morgan fingerprint density at radius 2 is 2.04 bits per heavy atom. The van der Waals surface area contributed by atoms with Gasteiger partial charge >= 0.3 is 0 Å². The van der Waals surface area contributed by atoms with Gasteiger partial charge < -0.3 is 14.2 Å². The van der Waals surface area contributed by atoms with E-state index in [-0.39, 0.29) is 5.60 Å². The molecule has 3 rings (SSSR count). The van der Waals surface area contributed by atoms with Crippen LogP contribution in [0.15, 0.2) is 0 Å². The maximum atomic E-state index is 9.82. The molecule has 0 aromatic carbocycles. The van der Waals surface area contributed by atoms with Crippen molar-refractivity contribution in [1.82, 2.24) is 9.88 Å². The zero-order valence-corrected chi connectivity index (χ0v) is 16.8. The number of unbranched alkanes of at least 4 members (excludes halogenated alkanes) is 1. The number of aryl methyl sites for hydroxylation is 1. The van der Waals surface area contributed by atoms with Crippen LogP contribution < -0.4 is 4.74 Å². The number of ether oxygens (including phenoxy) is 3. The molecule has 0 spiro atoms. The largest absolute Gasteiger partial charge is 0.475 e. The minimum Gasteiger partial charge on any atom is -0.475 e. The van der Waals surface area contributed by atoms with Gasteiger partial charge in [0.05, 0.1) is 31.1 Å². The zero-order valence-electron chi connectivity index (χ0n) is 16.8. The number of nitriles is 1. The van der Waals surface area contributed by atoms with Crippen LogP contribution >= 0.6 is 0 Å². The van der Waals surface area contributed by atoms with Gasteiger partial charge in [-0.2, -0.15) is 5.26 Å². The molecule has 3 heterocycles. The third kappa shape index (κ3) is 4.98. The van der Waals surface area contributed by atoms with Gasteiger partial charge in [0.15, 0.2) is 0 Å². The number of morpholine rings is 1. The molecule has 2 aliphatic heterocycles. The second-order valence-electron chi connectivity index (χ2n) is 7.94. The summed E-state index contributed by atoms with van der Waals surface area (Å²) in [5.41, 5.74) is 3.51. The lowest BCUT2D eigenvalue weighted by atomic mass is 9.87. The minimum absolute atomic E-state index is 0.271. The molecule has 6 nitrogen and oxygen atoms in total. The summed E-state index contributed by atoms with van der Waals surface area (Å²) in [6.45, 7) is 11.6. The molecule has 0 N–H and O–H groups in total. The number of fused-ring (bicyclic) bond motifs is 1. The minimum atomic E-state index is -0.271. The van der Waals surface area contributed by atoms with Crippen molar-refractivity contribution in [2.24, 2.45) is 0 Å². The molecular formula is C21H31N3O3. The van der Waals surface area contributed by atoms with Gasteiger partial charge in [0.2, 0.25) is 5.88 Å². The van der Waals surface area contributed by atoms with Crippen molar-refractivity contribution < 1.29 is 14.2 Å². The van der Waals surface area contributed by atoms with Crippen molar-refractivity contribution in [2.75, 3.05) is 39.5 Å². The zero-order chi connectivity index (χ0) is 19.3. The second-order valence-corrected chi connectivity index (χ2v) is 7.94. The number of nitrogens with zero attached hydrogens (tertiary/aromatic N) is 3. The van der Waals surface area contributed by atoms with Gasteiger partial charge in [-0.15, -0.1) is 0 Å². The van der Waals surface area contributed by atoms with Crippen LogP contribution in [0.5, 0.6) is 5.88 Å². The summed E-state index contributed by atoms with van der Waals surface area (Å²) in [7, 11) is 0. The van der Waals surface area contributed by atoms with Crippen LogP contribution in [0.4, 0.5) is 0 Å². The predicted octanol–water partition coefficient (Wildman–Crippen LogP) is 2.86. The molecule has 1 aromatic heterocycles. The Morgan fingerprint density at radius 3 is 2.74 bits per heavy atom. The van der Waals surface area contributed by atoms with E-state index in [0.29, 0.717) is 31.1 Å². The molecule has 148 valence electrons. The summed E-state index contributed by atoms with van der Waals surface area (Å²) < 4.78 is 17.4. The van der Waals surface area contributed by atoms with E-state index in [1.54, 1.807) is 0 Å². The molecule has 6 heteroatoms. The fourth-order valence-corrected chi connectivity index (χ4v) is 3.68. The van der Waals surface area contributed by atoms with Gasteiger partial charge in [-0.05, 0) is 32.3 Å².